The molecule has 0 aliphatic carbocycles. The van der Waals surface area contributed by atoms with Crippen LogP contribution in [0.15, 0.2) is 18.2 Å². The molecule has 5 N–H and O–H groups in total. The highest BCUT2D eigenvalue weighted by Crippen LogP contribution is 2.14. The lowest BCUT2D eigenvalue weighted by atomic mass is 10.1. The van der Waals surface area contributed by atoms with Crippen LogP contribution in [0.25, 0.3) is 0 Å². The van der Waals surface area contributed by atoms with Gasteiger partial charge in [-0.3, -0.25) is 15.4 Å². The van der Waals surface area contributed by atoms with E-state index in [4.69, 9.17) is 5.84 Å². The van der Waals surface area contributed by atoms with Crippen LogP contribution in [0.4, 0.5) is 5.69 Å². The maximum absolute atomic E-state index is 12.2. The van der Waals surface area contributed by atoms with Gasteiger partial charge in [-0.05, 0) is 58.4 Å². The number of nitrogens with one attached hydrogen (secondary N) is 3. The fourth-order valence-corrected chi connectivity index (χ4v) is 1.83. The van der Waals surface area contributed by atoms with Crippen LogP contribution in [0.2, 0.25) is 0 Å². The molecule has 0 aliphatic heterocycles. The van der Waals surface area contributed by atoms with Gasteiger partial charge in [-0.1, -0.05) is 0 Å². The van der Waals surface area contributed by atoms with Crippen molar-refractivity contribution in [2.75, 3.05) is 5.43 Å². The summed E-state index contributed by atoms with van der Waals surface area (Å²) in [7, 11) is 0. The molecule has 2 amide bonds. The summed E-state index contributed by atoms with van der Waals surface area (Å²) in [4.78, 5) is 24.2. The molecule has 6 nitrogen and oxygen atoms in total. The molecule has 116 valence electrons. The van der Waals surface area contributed by atoms with Crippen molar-refractivity contribution < 1.29 is 9.59 Å². The van der Waals surface area contributed by atoms with E-state index in [1.54, 1.807) is 25.1 Å². The van der Waals surface area contributed by atoms with Gasteiger partial charge < -0.3 is 16.1 Å². The average Bonchev–Trinajstić information content (AvgIpc) is 2.36. The molecule has 6 heteroatoms. The van der Waals surface area contributed by atoms with E-state index >= 15 is 0 Å². The molecule has 0 saturated heterocycles. The largest absolute Gasteiger partial charge is 0.350 e. The first-order valence-electron chi connectivity index (χ1n) is 6.84. The second-order valence-electron chi connectivity index (χ2n) is 6.11. The van der Waals surface area contributed by atoms with Crippen molar-refractivity contribution in [1.82, 2.24) is 10.6 Å². The van der Waals surface area contributed by atoms with Gasteiger partial charge in [0.05, 0.1) is 0 Å². The summed E-state index contributed by atoms with van der Waals surface area (Å²) in [5.41, 5.74) is 4.22. The Balaban J connectivity index is 2.75. The minimum Gasteiger partial charge on any atom is -0.350 e. The van der Waals surface area contributed by atoms with Gasteiger partial charge in [-0.15, -0.1) is 0 Å². The predicted octanol–water partition coefficient (Wildman–Crippen LogP) is 1.31. The van der Waals surface area contributed by atoms with E-state index in [0.29, 0.717) is 5.56 Å². The van der Waals surface area contributed by atoms with Gasteiger partial charge in [0.1, 0.15) is 6.04 Å². The SMILES string of the molecule is Cc1cc(NN)ccc1C(=O)NC(C)C(=O)NC(C)(C)C. The number of amides is 2. The molecule has 0 spiro atoms. The van der Waals surface area contributed by atoms with Crippen molar-refractivity contribution in [3.8, 4) is 0 Å². The number of carbonyl (C=O) groups is 2. The van der Waals surface area contributed by atoms with Gasteiger partial charge >= 0.3 is 0 Å². The summed E-state index contributed by atoms with van der Waals surface area (Å²) < 4.78 is 0. The normalized spacial score (nSPS) is 12.5. The molecule has 1 aromatic rings. The van der Waals surface area contributed by atoms with Crippen molar-refractivity contribution >= 4 is 17.5 Å². The number of nitrogen functional groups attached to an aromatic ring is 1. The molecule has 21 heavy (non-hydrogen) atoms. The Bertz CT molecular complexity index is 535. The van der Waals surface area contributed by atoms with Crippen LogP contribution in [0.3, 0.4) is 0 Å². The summed E-state index contributed by atoms with van der Waals surface area (Å²) in [5, 5.41) is 5.52. The minimum atomic E-state index is -0.608. The van der Waals surface area contributed by atoms with E-state index in [1.807, 2.05) is 27.7 Å². The first kappa shape index (κ1) is 17.0. The number of anilines is 1. The summed E-state index contributed by atoms with van der Waals surface area (Å²) >= 11 is 0. The number of benzene rings is 1. The topological polar surface area (TPSA) is 96.2 Å². The molecule has 0 radical (unpaired) electrons. The molecule has 0 aromatic heterocycles. The lowest BCUT2D eigenvalue weighted by Crippen LogP contribution is -2.50. The molecule has 1 unspecified atom stereocenters. The zero-order chi connectivity index (χ0) is 16.2. The van der Waals surface area contributed by atoms with E-state index < -0.39 is 6.04 Å². The Labute approximate surface area is 125 Å². The highest BCUT2D eigenvalue weighted by molar-refractivity contribution is 5.98. The first-order valence-corrected chi connectivity index (χ1v) is 6.84. The second-order valence-corrected chi connectivity index (χ2v) is 6.11. The van der Waals surface area contributed by atoms with Gasteiger partial charge in [0.15, 0.2) is 0 Å². The van der Waals surface area contributed by atoms with Crippen molar-refractivity contribution in [1.29, 1.82) is 0 Å². The molecule has 0 heterocycles. The zero-order valence-corrected chi connectivity index (χ0v) is 13.2. The number of nitrogens with two attached hydrogens (primary N) is 1. The number of hydrogen-bond donors (Lipinski definition) is 4. The first-order chi connectivity index (χ1) is 9.64. The zero-order valence-electron chi connectivity index (χ0n) is 13.2. The molecule has 1 aromatic carbocycles. The molecular weight excluding hydrogens is 268 g/mol. The summed E-state index contributed by atoms with van der Waals surface area (Å²) in [6, 6.07) is 4.55. The number of rotatable bonds is 4. The fourth-order valence-electron chi connectivity index (χ4n) is 1.83. The van der Waals surface area contributed by atoms with Crippen LogP contribution < -0.4 is 21.9 Å². The number of carbonyl (C=O) groups excluding carboxylic acids is 2. The molecule has 1 atom stereocenters. The van der Waals surface area contributed by atoms with E-state index in [9.17, 15) is 9.59 Å². The van der Waals surface area contributed by atoms with Crippen LogP contribution in [-0.2, 0) is 4.79 Å². The van der Waals surface area contributed by atoms with Crippen LogP contribution in [-0.4, -0.2) is 23.4 Å². The summed E-state index contributed by atoms with van der Waals surface area (Å²) in [6.07, 6.45) is 0. The van der Waals surface area contributed by atoms with E-state index in [-0.39, 0.29) is 17.4 Å². The Morgan fingerprint density at radius 3 is 2.33 bits per heavy atom. The van der Waals surface area contributed by atoms with Crippen LogP contribution in [0.1, 0.15) is 43.6 Å². The summed E-state index contributed by atoms with van der Waals surface area (Å²) in [5.74, 6) is 4.82. The van der Waals surface area contributed by atoms with Crippen molar-refractivity contribution in [2.24, 2.45) is 5.84 Å². The van der Waals surface area contributed by atoms with E-state index in [2.05, 4.69) is 16.1 Å². The number of hydrazine groups is 1. The Morgan fingerprint density at radius 1 is 1.24 bits per heavy atom. The lowest BCUT2D eigenvalue weighted by Gasteiger charge is -2.23. The van der Waals surface area contributed by atoms with Crippen LogP contribution in [0, 0.1) is 6.92 Å². The van der Waals surface area contributed by atoms with Gasteiger partial charge in [0, 0.05) is 16.8 Å². The molecule has 0 aliphatic rings. The molecule has 0 bridgehead atoms. The third-order valence-electron chi connectivity index (χ3n) is 2.88. The molecule has 0 saturated carbocycles. The standard InChI is InChI=1S/C15H24N4O2/c1-9-8-11(19-16)6-7-12(9)14(21)17-10(2)13(20)18-15(3,4)5/h6-8,10,19H,16H2,1-5H3,(H,17,21)(H,18,20). The van der Waals surface area contributed by atoms with E-state index in [1.165, 1.54) is 0 Å². The van der Waals surface area contributed by atoms with Crippen molar-refractivity contribution in [2.45, 2.75) is 46.2 Å². The van der Waals surface area contributed by atoms with Crippen molar-refractivity contribution in [3.63, 3.8) is 0 Å². The quantitative estimate of drug-likeness (QED) is 0.497. The highest BCUT2D eigenvalue weighted by atomic mass is 16.2. The average molecular weight is 292 g/mol. The second kappa shape index (κ2) is 6.58. The number of aryl methyl sites for hydroxylation is 1. The number of hydrogen-bond acceptors (Lipinski definition) is 4. The maximum Gasteiger partial charge on any atom is 0.252 e. The molecular formula is C15H24N4O2. The molecule has 0 fully saturated rings. The maximum atomic E-state index is 12.2. The van der Waals surface area contributed by atoms with Gasteiger partial charge in [0.2, 0.25) is 5.91 Å². The van der Waals surface area contributed by atoms with Crippen molar-refractivity contribution in [3.05, 3.63) is 29.3 Å². The van der Waals surface area contributed by atoms with Crippen LogP contribution >= 0.6 is 0 Å². The third-order valence-corrected chi connectivity index (χ3v) is 2.88. The predicted molar refractivity (Wildman–Crippen MR) is 83.8 cm³/mol. The van der Waals surface area contributed by atoms with Gasteiger partial charge in [-0.25, -0.2) is 0 Å². The monoisotopic (exact) mass is 292 g/mol. The smallest absolute Gasteiger partial charge is 0.252 e. The van der Waals surface area contributed by atoms with E-state index in [0.717, 1.165) is 11.3 Å². The van der Waals surface area contributed by atoms with Gasteiger partial charge in [0.25, 0.3) is 5.91 Å². The lowest BCUT2D eigenvalue weighted by molar-refractivity contribution is -0.124. The summed E-state index contributed by atoms with van der Waals surface area (Å²) in [6.45, 7) is 9.14. The Hall–Kier alpha value is -2.08. The van der Waals surface area contributed by atoms with Crippen LogP contribution in [0.5, 0.6) is 0 Å². The highest BCUT2D eigenvalue weighted by Gasteiger charge is 2.21. The molecule has 1 rings (SSSR count). The fraction of sp³-hybridized carbons (Fsp3) is 0.467. The Morgan fingerprint density at radius 2 is 1.86 bits per heavy atom. The third kappa shape index (κ3) is 5.07. The Kier molecular flexibility index (Phi) is 5.32. The minimum absolute atomic E-state index is 0.214. The van der Waals surface area contributed by atoms with Gasteiger partial charge in [-0.2, -0.15) is 0 Å².